The summed E-state index contributed by atoms with van der Waals surface area (Å²) in [5.41, 5.74) is 2.82. The van der Waals surface area contributed by atoms with Gasteiger partial charge in [-0.05, 0) is 26.3 Å². The monoisotopic (exact) mass is 279 g/mol. The minimum Gasteiger partial charge on any atom is -0.481 e. The number of amides is 1. The second-order valence-electron chi connectivity index (χ2n) is 4.80. The van der Waals surface area contributed by atoms with Crippen molar-refractivity contribution in [3.8, 4) is 0 Å². The highest BCUT2D eigenvalue weighted by atomic mass is 16.4. The van der Waals surface area contributed by atoms with Crippen LogP contribution in [0.5, 0.6) is 0 Å². The summed E-state index contributed by atoms with van der Waals surface area (Å²) < 4.78 is 1.77. The number of hydrogen-bond donors (Lipinski definition) is 1. The number of aliphatic carboxylic acids is 1. The Bertz CT molecular complexity index is 532. The van der Waals surface area contributed by atoms with Crippen LogP contribution in [0.3, 0.4) is 0 Å². The first-order valence-corrected chi connectivity index (χ1v) is 6.48. The van der Waals surface area contributed by atoms with Crippen LogP contribution in [-0.4, -0.2) is 45.3 Å². The Hall–Kier alpha value is -2.11. The highest BCUT2D eigenvalue weighted by Gasteiger charge is 2.09. The lowest BCUT2D eigenvalue weighted by molar-refractivity contribution is -0.137. The third kappa shape index (κ3) is 4.22. The van der Waals surface area contributed by atoms with E-state index in [1.54, 1.807) is 17.8 Å². The van der Waals surface area contributed by atoms with Crippen molar-refractivity contribution in [2.24, 2.45) is 7.05 Å². The molecule has 1 rings (SSSR count). The zero-order valence-electron chi connectivity index (χ0n) is 12.4. The van der Waals surface area contributed by atoms with Gasteiger partial charge in [-0.2, -0.15) is 5.10 Å². The lowest BCUT2D eigenvalue weighted by atomic mass is 10.2. The van der Waals surface area contributed by atoms with Crippen LogP contribution in [0.25, 0.3) is 6.08 Å². The van der Waals surface area contributed by atoms with E-state index in [9.17, 15) is 9.59 Å². The van der Waals surface area contributed by atoms with Crippen molar-refractivity contribution in [3.63, 3.8) is 0 Å². The molecule has 1 aromatic heterocycles. The standard InChI is InChI=1S/C14H21N3O3/c1-10-12(11(2)17(4)15-10)7-8-13(18)16(3)9-5-6-14(19)20/h7-8H,5-6,9H2,1-4H3,(H,19,20)/b8-7+. The maximum atomic E-state index is 11.9. The van der Waals surface area contributed by atoms with Crippen LogP contribution >= 0.6 is 0 Å². The molecule has 0 saturated heterocycles. The summed E-state index contributed by atoms with van der Waals surface area (Å²) in [7, 11) is 3.52. The number of aryl methyl sites for hydroxylation is 2. The second kappa shape index (κ2) is 6.88. The van der Waals surface area contributed by atoms with Crippen molar-refractivity contribution in [3.05, 3.63) is 23.0 Å². The third-order valence-corrected chi connectivity index (χ3v) is 3.22. The Morgan fingerprint density at radius 3 is 2.55 bits per heavy atom. The molecule has 110 valence electrons. The molecule has 0 saturated carbocycles. The van der Waals surface area contributed by atoms with Gasteiger partial charge in [0.25, 0.3) is 0 Å². The first-order chi connectivity index (χ1) is 9.32. The molecule has 0 radical (unpaired) electrons. The van der Waals surface area contributed by atoms with Gasteiger partial charge in [-0.3, -0.25) is 14.3 Å². The summed E-state index contributed by atoms with van der Waals surface area (Å²) in [5, 5.41) is 12.8. The maximum absolute atomic E-state index is 11.9. The summed E-state index contributed by atoms with van der Waals surface area (Å²) in [6.45, 7) is 4.27. The molecule has 0 fully saturated rings. The fraction of sp³-hybridized carbons (Fsp3) is 0.500. The fourth-order valence-corrected chi connectivity index (χ4v) is 1.89. The summed E-state index contributed by atoms with van der Waals surface area (Å²) in [4.78, 5) is 23.8. The molecule has 6 nitrogen and oxygen atoms in total. The lowest BCUT2D eigenvalue weighted by Crippen LogP contribution is -2.26. The van der Waals surface area contributed by atoms with Crippen LogP contribution in [0.2, 0.25) is 0 Å². The Labute approximate surface area is 118 Å². The van der Waals surface area contributed by atoms with Gasteiger partial charge in [0.05, 0.1) is 5.69 Å². The van der Waals surface area contributed by atoms with Gasteiger partial charge in [0, 0.05) is 44.4 Å². The Kier molecular flexibility index (Phi) is 5.49. The van der Waals surface area contributed by atoms with Crippen molar-refractivity contribution < 1.29 is 14.7 Å². The van der Waals surface area contributed by atoms with Gasteiger partial charge < -0.3 is 10.0 Å². The van der Waals surface area contributed by atoms with Gasteiger partial charge in [-0.15, -0.1) is 0 Å². The molecule has 0 aliphatic heterocycles. The molecule has 0 aliphatic carbocycles. The minimum absolute atomic E-state index is 0.0716. The first kappa shape index (κ1) is 15.9. The number of carbonyl (C=O) groups excluding carboxylic acids is 1. The van der Waals surface area contributed by atoms with E-state index in [-0.39, 0.29) is 12.3 Å². The number of carboxylic acids is 1. The lowest BCUT2D eigenvalue weighted by Gasteiger charge is -2.13. The van der Waals surface area contributed by atoms with E-state index in [1.807, 2.05) is 20.9 Å². The van der Waals surface area contributed by atoms with E-state index in [2.05, 4.69) is 5.10 Å². The zero-order valence-corrected chi connectivity index (χ0v) is 12.4. The summed E-state index contributed by atoms with van der Waals surface area (Å²) >= 11 is 0. The van der Waals surface area contributed by atoms with Crippen LogP contribution in [0.1, 0.15) is 29.8 Å². The van der Waals surface area contributed by atoms with Gasteiger partial charge in [-0.25, -0.2) is 0 Å². The number of hydrogen-bond acceptors (Lipinski definition) is 3. The molecular formula is C14H21N3O3. The quantitative estimate of drug-likeness (QED) is 0.798. The molecule has 1 N–H and O–H groups in total. The summed E-state index contributed by atoms with van der Waals surface area (Å²) in [5.74, 6) is -0.985. The number of nitrogens with zero attached hydrogens (tertiary/aromatic N) is 3. The summed E-state index contributed by atoms with van der Waals surface area (Å²) in [6, 6.07) is 0. The third-order valence-electron chi connectivity index (χ3n) is 3.22. The molecule has 20 heavy (non-hydrogen) atoms. The molecule has 0 unspecified atom stereocenters. The highest BCUT2D eigenvalue weighted by Crippen LogP contribution is 2.13. The number of carbonyl (C=O) groups is 2. The van der Waals surface area contributed by atoms with E-state index in [0.717, 1.165) is 17.0 Å². The van der Waals surface area contributed by atoms with E-state index in [1.165, 1.54) is 11.0 Å². The fourth-order valence-electron chi connectivity index (χ4n) is 1.89. The van der Waals surface area contributed by atoms with Crippen molar-refractivity contribution in [1.82, 2.24) is 14.7 Å². The van der Waals surface area contributed by atoms with E-state index in [0.29, 0.717) is 13.0 Å². The van der Waals surface area contributed by atoms with Gasteiger partial charge >= 0.3 is 5.97 Å². The maximum Gasteiger partial charge on any atom is 0.303 e. The van der Waals surface area contributed by atoms with Gasteiger partial charge in [-0.1, -0.05) is 0 Å². The van der Waals surface area contributed by atoms with Gasteiger partial charge in [0.1, 0.15) is 0 Å². The average Bonchev–Trinajstić information content (AvgIpc) is 2.60. The largest absolute Gasteiger partial charge is 0.481 e. The molecule has 1 amide bonds. The second-order valence-corrected chi connectivity index (χ2v) is 4.80. The number of likely N-dealkylation sites (N-methyl/N-ethyl adjacent to an activating group) is 1. The van der Waals surface area contributed by atoms with Crippen LogP contribution in [0.4, 0.5) is 0 Å². The number of carboxylic acid groups (broad SMARTS) is 1. The molecule has 0 aromatic carbocycles. The predicted molar refractivity (Wildman–Crippen MR) is 76.2 cm³/mol. The van der Waals surface area contributed by atoms with Crippen LogP contribution in [0.15, 0.2) is 6.08 Å². The molecule has 0 aliphatic rings. The van der Waals surface area contributed by atoms with Crippen molar-refractivity contribution >= 4 is 18.0 Å². The SMILES string of the molecule is Cc1nn(C)c(C)c1/C=C/C(=O)N(C)CCCC(=O)O. The van der Waals surface area contributed by atoms with E-state index < -0.39 is 5.97 Å². The first-order valence-electron chi connectivity index (χ1n) is 6.48. The Morgan fingerprint density at radius 2 is 2.05 bits per heavy atom. The number of aromatic nitrogens is 2. The van der Waals surface area contributed by atoms with Gasteiger partial charge in [0.15, 0.2) is 0 Å². The highest BCUT2D eigenvalue weighted by molar-refractivity contribution is 5.91. The van der Waals surface area contributed by atoms with Gasteiger partial charge in [0.2, 0.25) is 5.91 Å². The van der Waals surface area contributed by atoms with E-state index >= 15 is 0 Å². The molecule has 1 aromatic rings. The van der Waals surface area contributed by atoms with Crippen LogP contribution < -0.4 is 0 Å². The number of rotatable bonds is 6. The normalized spacial score (nSPS) is 11.0. The molecule has 0 spiro atoms. The van der Waals surface area contributed by atoms with Crippen LogP contribution in [0, 0.1) is 13.8 Å². The average molecular weight is 279 g/mol. The van der Waals surface area contributed by atoms with Crippen molar-refractivity contribution in [2.45, 2.75) is 26.7 Å². The zero-order chi connectivity index (χ0) is 15.3. The molecule has 6 heteroatoms. The minimum atomic E-state index is -0.844. The van der Waals surface area contributed by atoms with Crippen LogP contribution in [-0.2, 0) is 16.6 Å². The Balaban J connectivity index is 2.60. The molecule has 0 bridgehead atoms. The molecule has 0 atom stereocenters. The molecular weight excluding hydrogens is 258 g/mol. The van der Waals surface area contributed by atoms with E-state index in [4.69, 9.17) is 5.11 Å². The topological polar surface area (TPSA) is 75.4 Å². The van der Waals surface area contributed by atoms with Crippen molar-refractivity contribution in [2.75, 3.05) is 13.6 Å². The van der Waals surface area contributed by atoms with Crippen molar-refractivity contribution in [1.29, 1.82) is 0 Å². The summed E-state index contributed by atoms with van der Waals surface area (Å²) in [6.07, 6.45) is 3.78. The predicted octanol–water partition coefficient (Wildman–Crippen LogP) is 1.37. The Morgan fingerprint density at radius 1 is 1.40 bits per heavy atom. The molecule has 1 heterocycles. The smallest absolute Gasteiger partial charge is 0.303 e.